The monoisotopic (exact) mass is 244 g/mol. The molecule has 0 atom stereocenters. The Morgan fingerprint density at radius 3 is 2.47 bits per heavy atom. The number of hydrogen-bond acceptors (Lipinski definition) is 3. The van der Waals surface area contributed by atoms with Crippen molar-refractivity contribution in [2.24, 2.45) is 5.92 Å². The largest absolute Gasteiger partial charge is 0.481 e. The van der Waals surface area contributed by atoms with Gasteiger partial charge in [0.1, 0.15) is 0 Å². The summed E-state index contributed by atoms with van der Waals surface area (Å²) in [6.45, 7) is 5.91. The number of nitrogens with one attached hydrogen (secondary N) is 2. The summed E-state index contributed by atoms with van der Waals surface area (Å²) in [5, 5.41) is 14.3. The summed E-state index contributed by atoms with van der Waals surface area (Å²) in [5.41, 5.74) is 0. The highest BCUT2D eigenvalue weighted by atomic mass is 16.4. The number of carbonyl (C=O) groups is 2. The summed E-state index contributed by atoms with van der Waals surface area (Å²) < 4.78 is 0. The van der Waals surface area contributed by atoms with Crippen LogP contribution in [0, 0.1) is 5.92 Å². The molecule has 0 aromatic carbocycles. The highest BCUT2D eigenvalue weighted by Crippen LogP contribution is 1.98. The molecule has 0 bridgehead atoms. The Morgan fingerprint density at radius 2 is 1.88 bits per heavy atom. The smallest absolute Gasteiger partial charge is 0.303 e. The lowest BCUT2D eigenvalue weighted by Crippen LogP contribution is -2.36. The van der Waals surface area contributed by atoms with Crippen molar-refractivity contribution in [1.82, 2.24) is 10.6 Å². The van der Waals surface area contributed by atoms with Crippen LogP contribution >= 0.6 is 0 Å². The first kappa shape index (κ1) is 15.9. The van der Waals surface area contributed by atoms with Gasteiger partial charge in [0.2, 0.25) is 5.91 Å². The van der Waals surface area contributed by atoms with Crippen molar-refractivity contribution >= 4 is 11.9 Å². The number of unbranched alkanes of at least 4 members (excludes halogenated alkanes) is 2. The van der Waals surface area contributed by atoms with Crippen LogP contribution in [0.4, 0.5) is 0 Å². The van der Waals surface area contributed by atoms with Crippen LogP contribution in [0.15, 0.2) is 0 Å². The van der Waals surface area contributed by atoms with Gasteiger partial charge in [0.05, 0.1) is 6.54 Å². The van der Waals surface area contributed by atoms with Gasteiger partial charge in [-0.25, -0.2) is 0 Å². The second kappa shape index (κ2) is 10.1. The molecule has 1 amide bonds. The van der Waals surface area contributed by atoms with E-state index in [1.807, 2.05) is 0 Å². The van der Waals surface area contributed by atoms with E-state index in [0.717, 1.165) is 19.4 Å². The van der Waals surface area contributed by atoms with Crippen LogP contribution in [-0.4, -0.2) is 36.6 Å². The number of carboxylic acid groups (broad SMARTS) is 1. The number of carboxylic acids is 1. The third-order valence-corrected chi connectivity index (χ3v) is 2.24. The molecule has 0 unspecified atom stereocenters. The molecule has 100 valence electrons. The van der Waals surface area contributed by atoms with E-state index in [1.54, 1.807) is 0 Å². The fraction of sp³-hybridized carbons (Fsp3) is 0.833. The zero-order chi connectivity index (χ0) is 13.1. The highest BCUT2D eigenvalue weighted by molar-refractivity contribution is 5.77. The Kier molecular flexibility index (Phi) is 9.43. The SMILES string of the molecule is CC(C)CNC(=O)CNCCCCCC(=O)O. The normalized spacial score (nSPS) is 10.5. The predicted octanol–water partition coefficient (Wildman–Crippen LogP) is 0.993. The molecule has 0 saturated carbocycles. The van der Waals surface area contributed by atoms with Crippen LogP contribution in [0.2, 0.25) is 0 Å². The molecule has 0 radical (unpaired) electrons. The fourth-order valence-electron chi connectivity index (χ4n) is 1.29. The average Bonchev–Trinajstić information content (AvgIpc) is 2.24. The van der Waals surface area contributed by atoms with Gasteiger partial charge in [-0.05, 0) is 25.3 Å². The first-order chi connectivity index (χ1) is 8.02. The van der Waals surface area contributed by atoms with E-state index in [1.165, 1.54) is 0 Å². The van der Waals surface area contributed by atoms with Crippen molar-refractivity contribution in [2.75, 3.05) is 19.6 Å². The van der Waals surface area contributed by atoms with Gasteiger partial charge in [0.15, 0.2) is 0 Å². The minimum atomic E-state index is -0.744. The predicted molar refractivity (Wildman–Crippen MR) is 66.8 cm³/mol. The van der Waals surface area contributed by atoms with Gasteiger partial charge in [-0.15, -0.1) is 0 Å². The topological polar surface area (TPSA) is 78.4 Å². The molecule has 5 nitrogen and oxygen atoms in total. The van der Waals surface area contributed by atoms with Crippen molar-refractivity contribution in [2.45, 2.75) is 39.5 Å². The van der Waals surface area contributed by atoms with E-state index in [4.69, 9.17) is 5.11 Å². The number of aliphatic carboxylic acids is 1. The standard InChI is InChI=1S/C12H24N2O3/c1-10(2)8-14-11(15)9-13-7-5-3-4-6-12(16)17/h10,13H,3-9H2,1-2H3,(H,14,15)(H,16,17). The summed E-state index contributed by atoms with van der Waals surface area (Å²) in [6.07, 6.45) is 2.73. The average molecular weight is 244 g/mol. The van der Waals surface area contributed by atoms with E-state index in [0.29, 0.717) is 25.4 Å². The molecule has 0 aliphatic rings. The van der Waals surface area contributed by atoms with Gasteiger partial charge < -0.3 is 15.7 Å². The number of rotatable bonds is 10. The molecule has 0 aromatic heterocycles. The van der Waals surface area contributed by atoms with Crippen LogP contribution < -0.4 is 10.6 Å². The number of hydrogen-bond donors (Lipinski definition) is 3. The van der Waals surface area contributed by atoms with Crippen LogP contribution in [0.5, 0.6) is 0 Å². The molecule has 0 aliphatic heterocycles. The Bertz CT molecular complexity index is 230. The lowest BCUT2D eigenvalue weighted by atomic mass is 10.2. The van der Waals surface area contributed by atoms with Crippen molar-refractivity contribution in [1.29, 1.82) is 0 Å². The molecule has 5 heteroatoms. The maximum Gasteiger partial charge on any atom is 0.303 e. The zero-order valence-electron chi connectivity index (χ0n) is 10.8. The Morgan fingerprint density at radius 1 is 1.18 bits per heavy atom. The van der Waals surface area contributed by atoms with Gasteiger partial charge in [-0.2, -0.15) is 0 Å². The molecule has 0 aromatic rings. The van der Waals surface area contributed by atoms with Crippen LogP contribution in [-0.2, 0) is 9.59 Å². The molecule has 0 heterocycles. The third-order valence-electron chi connectivity index (χ3n) is 2.24. The second-order valence-electron chi connectivity index (χ2n) is 4.58. The Hall–Kier alpha value is -1.10. The van der Waals surface area contributed by atoms with E-state index in [9.17, 15) is 9.59 Å². The Balaban J connectivity index is 3.22. The summed E-state index contributed by atoms with van der Waals surface area (Å²) in [6, 6.07) is 0. The summed E-state index contributed by atoms with van der Waals surface area (Å²) >= 11 is 0. The maximum absolute atomic E-state index is 11.3. The van der Waals surface area contributed by atoms with E-state index in [-0.39, 0.29) is 12.3 Å². The fourth-order valence-corrected chi connectivity index (χ4v) is 1.29. The molecular weight excluding hydrogens is 220 g/mol. The summed E-state index contributed by atoms with van der Waals surface area (Å²) in [4.78, 5) is 21.5. The van der Waals surface area contributed by atoms with E-state index < -0.39 is 5.97 Å². The van der Waals surface area contributed by atoms with Crippen molar-refractivity contribution in [3.8, 4) is 0 Å². The lowest BCUT2D eigenvalue weighted by molar-refractivity contribution is -0.137. The molecule has 0 aliphatic carbocycles. The van der Waals surface area contributed by atoms with Gasteiger partial charge in [0.25, 0.3) is 0 Å². The molecule has 0 rings (SSSR count). The third kappa shape index (κ3) is 12.8. The number of amides is 1. The summed E-state index contributed by atoms with van der Waals surface area (Å²) in [5.74, 6) is -0.259. The van der Waals surface area contributed by atoms with Crippen LogP contribution in [0.25, 0.3) is 0 Å². The maximum atomic E-state index is 11.3. The van der Waals surface area contributed by atoms with Gasteiger partial charge in [-0.3, -0.25) is 9.59 Å². The van der Waals surface area contributed by atoms with Gasteiger partial charge in [-0.1, -0.05) is 20.3 Å². The molecule has 17 heavy (non-hydrogen) atoms. The first-order valence-electron chi connectivity index (χ1n) is 6.21. The minimum Gasteiger partial charge on any atom is -0.481 e. The van der Waals surface area contributed by atoms with Gasteiger partial charge >= 0.3 is 5.97 Å². The lowest BCUT2D eigenvalue weighted by Gasteiger charge is -2.08. The van der Waals surface area contributed by atoms with E-state index >= 15 is 0 Å². The minimum absolute atomic E-state index is 0.0178. The summed E-state index contributed by atoms with van der Waals surface area (Å²) in [7, 11) is 0. The number of carbonyl (C=O) groups excluding carboxylic acids is 1. The van der Waals surface area contributed by atoms with Crippen LogP contribution in [0.3, 0.4) is 0 Å². The molecule has 0 spiro atoms. The van der Waals surface area contributed by atoms with Gasteiger partial charge in [0, 0.05) is 13.0 Å². The van der Waals surface area contributed by atoms with Crippen molar-refractivity contribution in [3.63, 3.8) is 0 Å². The highest BCUT2D eigenvalue weighted by Gasteiger charge is 2.01. The van der Waals surface area contributed by atoms with E-state index in [2.05, 4.69) is 24.5 Å². The van der Waals surface area contributed by atoms with Crippen LogP contribution in [0.1, 0.15) is 39.5 Å². The second-order valence-corrected chi connectivity index (χ2v) is 4.58. The molecule has 0 saturated heterocycles. The first-order valence-corrected chi connectivity index (χ1v) is 6.21. The quantitative estimate of drug-likeness (QED) is 0.501. The van der Waals surface area contributed by atoms with Crippen molar-refractivity contribution in [3.05, 3.63) is 0 Å². The van der Waals surface area contributed by atoms with Crippen molar-refractivity contribution < 1.29 is 14.7 Å². The Labute approximate surface area is 103 Å². The molecule has 3 N–H and O–H groups in total. The molecule has 0 fully saturated rings. The zero-order valence-corrected chi connectivity index (χ0v) is 10.8. The molecular formula is C12H24N2O3.